The van der Waals surface area contributed by atoms with Crippen LogP contribution in [0.1, 0.15) is 0 Å². The normalized spacial score (nSPS) is 12.1. The molecule has 0 amide bonds. The van der Waals surface area contributed by atoms with Crippen molar-refractivity contribution in [2.24, 2.45) is 45.3 Å². The molecule has 0 aromatic carbocycles. The molecule has 0 saturated carbocycles. The molecule has 40 nitrogen and oxygen atoms in total. The molecule has 0 aliphatic heterocycles. The van der Waals surface area contributed by atoms with Crippen LogP contribution < -0.4 is 20.4 Å². The van der Waals surface area contributed by atoms with E-state index < -0.39 is 187 Å². The summed E-state index contributed by atoms with van der Waals surface area (Å²) in [4.78, 5) is 216. The molecule has 0 radical (unpaired) electrons. The number of aliphatic carboxylic acids is 20. The van der Waals surface area contributed by atoms with Gasteiger partial charge in [0.05, 0.1) is 23.9 Å². The molecule has 416 valence electrons. The van der Waals surface area contributed by atoms with Crippen LogP contribution in [0.15, 0.2) is 48.6 Å². The monoisotopic (exact) mass is 1190 g/mol. The van der Waals surface area contributed by atoms with Crippen molar-refractivity contribution >= 4 is 119 Å². The summed E-state index contributed by atoms with van der Waals surface area (Å²) in [6, 6.07) is 0. The van der Waals surface area contributed by atoms with Gasteiger partial charge in [-0.1, -0.05) is 26.3 Å². The van der Waals surface area contributed by atoms with E-state index in [2.05, 4.69) is 26.3 Å². The summed E-state index contributed by atoms with van der Waals surface area (Å²) in [7, 11) is 0. The Morgan fingerprint density at radius 1 is 0.234 bits per heavy atom. The van der Waals surface area contributed by atoms with Crippen molar-refractivity contribution in [2.75, 3.05) is 0 Å². The number of hydrogen-bond acceptors (Lipinski definition) is 24. The van der Waals surface area contributed by atoms with Crippen molar-refractivity contribution in [3.05, 3.63) is 48.6 Å². The van der Waals surface area contributed by atoms with Gasteiger partial charge in [0.1, 0.15) is 23.7 Å². The van der Waals surface area contributed by atoms with Gasteiger partial charge in [0.15, 0.2) is 0 Å². The molecule has 0 saturated heterocycles. The van der Waals surface area contributed by atoms with Gasteiger partial charge in [-0.2, -0.15) is 0 Å². The molecule has 0 heterocycles. The first-order valence-electron chi connectivity index (χ1n) is 17.4. The van der Waals surface area contributed by atoms with E-state index in [1.807, 2.05) is 0 Å². The van der Waals surface area contributed by atoms with Gasteiger partial charge >= 0.3 is 122 Å². The standard InChI is InChI=1S/4C9H8O10.Zr/c4*1-2(4(10)11)3(5(12)13)9(6(14)15,7(16)17)8(18)19;/h4*3H,1H2,(H,10,11)(H,12,13)(H,14,15)(H,16,17)(H,18,19);/q;;;;+4/p-4. The SMILES string of the molecule is C=C(C(=O)[O-])C(C(=O)O)C(C(=O)O)(C(=O)O)C(=O)O.C=C(C(=O)[O-])C(C(=O)O)C(C(=O)O)(C(=O)O)C(=O)O.C=C(C(=O)[O-])C(C(=O)O)C(C(=O)O)(C(=O)O)C(=O)O.C=C(C(=O)[O-])C(C(=O)O)C(C(=O)O)(C(=O)O)C(=O)O.[Zr+4]. The van der Waals surface area contributed by atoms with Gasteiger partial charge in [-0.3, -0.25) is 76.7 Å². The van der Waals surface area contributed by atoms with Gasteiger partial charge < -0.3 is 121 Å². The van der Waals surface area contributed by atoms with Gasteiger partial charge in [-0.15, -0.1) is 0 Å². The second kappa shape index (κ2) is 28.5. The third kappa shape index (κ3) is 14.7. The minimum Gasteiger partial charge on any atom is -0.545 e. The van der Waals surface area contributed by atoms with Crippen molar-refractivity contribution in [1.82, 2.24) is 0 Å². The van der Waals surface area contributed by atoms with Gasteiger partial charge in [-0.25, -0.2) is 0 Å². The molecule has 41 heteroatoms. The van der Waals surface area contributed by atoms with Crippen molar-refractivity contribution in [2.45, 2.75) is 0 Å². The Balaban J connectivity index is -0.000000298. The fourth-order valence-corrected chi connectivity index (χ4v) is 5.43. The van der Waals surface area contributed by atoms with E-state index in [0.717, 1.165) is 0 Å². The molecule has 0 bridgehead atoms. The fourth-order valence-electron chi connectivity index (χ4n) is 5.43. The average Bonchev–Trinajstić information content (AvgIpc) is 3.22. The van der Waals surface area contributed by atoms with Gasteiger partial charge in [-0.05, 0) is 22.3 Å². The quantitative estimate of drug-likeness (QED) is 0.0255. The van der Waals surface area contributed by atoms with E-state index in [1.165, 1.54) is 0 Å². The molecule has 77 heavy (non-hydrogen) atoms. The maximum absolute atomic E-state index is 10.9. The first-order valence-corrected chi connectivity index (χ1v) is 17.4. The van der Waals surface area contributed by atoms with Crippen LogP contribution in [0.25, 0.3) is 0 Å². The predicted octanol–water partition coefficient (Wildman–Crippen LogP) is -11.1. The Kier molecular flexibility index (Phi) is 27.8. The molecule has 0 aromatic heterocycles. The Bertz CT molecular complexity index is 2170. The smallest absolute Gasteiger partial charge is 0.545 e. The Labute approximate surface area is 436 Å². The van der Waals surface area contributed by atoms with E-state index in [0.29, 0.717) is 0 Å². The minimum absolute atomic E-state index is 0. The summed E-state index contributed by atoms with van der Waals surface area (Å²) in [5.74, 6) is -60.7. The maximum atomic E-state index is 10.9. The molecular formula is C36H28O40Zr. The Hall–Kier alpha value is -10.8. The zero-order chi connectivity index (χ0) is 62.2. The van der Waals surface area contributed by atoms with Crippen LogP contribution in [-0.4, -0.2) is 201 Å². The third-order valence-electron chi connectivity index (χ3n) is 9.21. The van der Waals surface area contributed by atoms with Crippen molar-refractivity contribution in [1.29, 1.82) is 0 Å². The van der Waals surface area contributed by atoms with Crippen LogP contribution in [0.4, 0.5) is 0 Å². The van der Waals surface area contributed by atoms with E-state index in [9.17, 15) is 116 Å². The second-order valence-corrected chi connectivity index (χ2v) is 13.2. The van der Waals surface area contributed by atoms with Crippen LogP contribution in [0.5, 0.6) is 0 Å². The summed E-state index contributed by atoms with van der Waals surface area (Å²) in [5.41, 5.74) is -21.7. The molecule has 4 unspecified atom stereocenters. The molecular weight excluding hydrogens is 1160 g/mol. The number of rotatable bonds is 28. The van der Waals surface area contributed by atoms with Crippen LogP contribution >= 0.6 is 0 Å². The van der Waals surface area contributed by atoms with Crippen LogP contribution in [0.2, 0.25) is 0 Å². The van der Waals surface area contributed by atoms with Crippen molar-refractivity contribution < 1.29 is 224 Å². The first-order chi connectivity index (χ1) is 34.0. The molecule has 0 aliphatic rings. The molecule has 0 spiro atoms. The fraction of sp³-hybridized carbons (Fsp3) is 0.222. The summed E-state index contributed by atoms with van der Waals surface area (Å²) in [6.07, 6.45) is 0. The summed E-state index contributed by atoms with van der Waals surface area (Å²) >= 11 is 0. The molecule has 0 rings (SSSR count). The summed E-state index contributed by atoms with van der Waals surface area (Å²) in [6.45, 7) is 10.6. The third-order valence-corrected chi connectivity index (χ3v) is 9.21. The zero-order valence-corrected chi connectivity index (χ0v) is 39.0. The van der Waals surface area contributed by atoms with Gasteiger partial charge in [0.2, 0.25) is 0 Å². The first kappa shape index (κ1) is 75.2. The summed E-state index contributed by atoms with van der Waals surface area (Å²) < 4.78 is 0. The molecule has 0 aliphatic carbocycles. The van der Waals surface area contributed by atoms with Crippen molar-refractivity contribution in [3.63, 3.8) is 0 Å². The number of hydrogen-bond donors (Lipinski definition) is 16. The average molecular weight is 1190 g/mol. The minimum atomic E-state index is -3.93. The molecule has 0 fully saturated rings. The maximum Gasteiger partial charge on any atom is 4.00 e. The Morgan fingerprint density at radius 3 is 0.351 bits per heavy atom. The van der Waals surface area contributed by atoms with E-state index in [1.54, 1.807) is 0 Å². The van der Waals surface area contributed by atoms with E-state index >= 15 is 0 Å². The number of carbonyl (C=O) groups is 20. The Morgan fingerprint density at radius 2 is 0.312 bits per heavy atom. The second-order valence-electron chi connectivity index (χ2n) is 13.2. The van der Waals surface area contributed by atoms with E-state index in [4.69, 9.17) is 81.7 Å². The van der Waals surface area contributed by atoms with Crippen molar-refractivity contribution in [3.8, 4) is 0 Å². The van der Waals surface area contributed by atoms with E-state index in [-0.39, 0.29) is 26.2 Å². The van der Waals surface area contributed by atoms with Crippen LogP contribution in [0, 0.1) is 45.3 Å². The molecule has 4 atom stereocenters. The predicted molar refractivity (Wildman–Crippen MR) is 202 cm³/mol. The zero-order valence-electron chi connectivity index (χ0n) is 36.6. The molecule has 0 aromatic rings. The van der Waals surface area contributed by atoms with Crippen LogP contribution in [0.3, 0.4) is 0 Å². The largest absolute Gasteiger partial charge is 4.00 e. The number of carboxylic acids is 20. The van der Waals surface area contributed by atoms with Gasteiger partial charge in [0.25, 0.3) is 21.7 Å². The van der Waals surface area contributed by atoms with Crippen LogP contribution in [-0.2, 0) is 122 Å². The summed E-state index contributed by atoms with van der Waals surface area (Å²) in [5, 5.41) is 182. The molecule has 16 N–H and O–H groups in total. The number of carboxylic acid groups (broad SMARTS) is 20. The van der Waals surface area contributed by atoms with Gasteiger partial charge in [0, 0.05) is 0 Å². The topological polar surface area (TPSA) is 757 Å². The number of carbonyl (C=O) groups excluding carboxylic acids is 4.